The van der Waals surface area contributed by atoms with Crippen molar-refractivity contribution in [3.63, 3.8) is 0 Å². The number of methoxy groups -OCH3 is 1. The number of halogens is 1. The number of aliphatic imine (C=N–C) groups is 1. The first kappa shape index (κ1) is 17.9. The van der Waals surface area contributed by atoms with Crippen LogP contribution < -0.4 is 15.8 Å². The topological polar surface area (TPSA) is 109 Å². The summed E-state index contributed by atoms with van der Waals surface area (Å²) in [5.74, 6) is 1.45. The van der Waals surface area contributed by atoms with Gasteiger partial charge in [-0.2, -0.15) is 5.10 Å². The molecule has 5 N–H and O–H groups in total. The van der Waals surface area contributed by atoms with Crippen LogP contribution in [0.4, 0.5) is 17.3 Å². The zero-order valence-corrected chi connectivity index (χ0v) is 14.7. The predicted molar refractivity (Wildman–Crippen MR) is 103 cm³/mol. The molecule has 3 rings (SSSR count). The Kier molecular flexibility index (Phi) is 5.52. The normalized spacial score (nSPS) is 12.3. The lowest BCUT2D eigenvalue weighted by Crippen LogP contribution is -2.10. The van der Waals surface area contributed by atoms with Crippen LogP contribution in [-0.4, -0.2) is 28.6 Å². The van der Waals surface area contributed by atoms with E-state index in [2.05, 4.69) is 20.5 Å². The van der Waals surface area contributed by atoms with Crippen LogP contribution in [0.5, 0.6) is 5.75 Å². The number of aliphatic hydroxyl groups excluding tert-OH is 1. The molecule has 2 aromatic carbocycles. The van der Waals surface area contributed by atoms with Gasteiger partial charge < -0.3 is 20.9 Å². The largest absolute Gasteiger partial charge is 0.497 e. The van der Waals surface area contributed by atoms with Gasteiger partial charge in [0.15, 0.2) is 5.82 Å². The molecule has 0 bridgehead atoms. The molecule has 1 aromatic heterocycles. The summed E-state index contributed by atoms with van der Waals surface area (Å²) in [4.78, 5) is 4.32. The molecule has 1 heterocycles. The summed E-state index contributed by atoms with van der Waals surface area (Å²) in [5.41, 5.74) is 7.60. The fourth-order valence-electron chi connectivity index (χ4n) is 2.38. The highest BCUT2D eigenvalue weighted by Crippen LogP contribution is 2.30. The number of hydrogen-bond donors (Lipinski definition) is 4. The monoisotopic (exact) mass is 371 g/mol. The quantitative estimate of drug-likeness (QED) is 0.391. The number of nitrogens with two attached hydrogens (primary N) is 1. The fraction of sp³-hybridized carbons (Fsp3) is 0.111. The maximum atomic E-state index is 9.94. The first-order valence-electron chi connectivity index (χ1n) is 7.79. The van der Waals surface area contributed by atoms with Gasteiger partial charge in [-0.3, -0.25) is 5.10 Å². The molecule has 0 aliphatic carbocycles. The fourth-order valence-corrected chi connectivity index (χ4v) is 2.57. The van der Waals surface area contributed by atoms with Gasteiger partial charge in [0.05, 0.1) is 12.7 Å². The zero-order valence-electron chi connectivity index (χ0n) is 14.0. The number of rotatable bonds is 6. The third-order valence-corrected chi connectivity index (χ3v) is 3.84. The second-order valence-corrected chi connectivity index (χ2v) is 5.89. The summed E-state index contributed by atoms with van der Waals surface area (Å²) < 4.78 is 5.18. The Balaban J connectivity index is 1.88. The summed E-state index contributed by atoms with van der Waals surface area (Å²) in [5, 5.41) is 20.5. The van der Waals surface area contributed by atoms with Crippen molar-refractivity contribution in [1.82, 2.24) is 10.2 Å². The number of aromatic amines is 1. The minimum atomic E-state index is -1.26. The average molecular weight is 372 g/mol. The van der Waals surface area contributed by atoms with E-state index in [1.54, 1.807) is 31.5 Å². The number of hydrogen-bond acceptors (Lipinski definition) is 6. The number of nitrogens with zero attached hydrogens (tertiary/aromatic N) is 2. The molecule has 0 aliphatic rings. The van der Waals surface area contributed by atoms with E-state index in [4.69, 9.17) is 22.1 Å². The third-order valence-electron chi connectivity index (χ3n) is 3.60. The highest BCUT2D eigenvalue weighted by molar-refractivity contribution is 6.30. The van der Waals surface area contributed by atoms with Gasteiger partial charge in [0.25, 0.3) is 0 Å². The van der Waals surface area contributed by atoms with Crippen LogP contribution >= 0.6 is 11.6 Å². The molecule has 0 amide bonds. The molecule has 7 nitrogen and oxygen atoms in total. The molecule has 1 unspecified atom stereocenters. The Hall–Kier alpha value is -2.87. The molecule has 8 heteroatoms. The maximum absolute atomic E-state index is 9.94. The van der Waals surface area contributed by atoms with Gasteiger partial charge in [0.1, 0.15) is 17.8 Å². The maximum Gasteiger partial charge on any atom is 0.183 e. The number of aromatic nitrogens is 2. The van der Waals surface area contributed by atoms with Crippen LogP contribution in [0.15, 0.2) is 53.5 Å². The molecule has 1 atom stereocenters. The molecule has 3 aromatic rings. The van der Waals surface area contributed by atoms with Gasteiger partial charge in [-0.05, 0) is 35.9 Å². The van der Waals surface area contributed by atoms with Gasteiger partial charge in [-0.25, -0.2) is 4.99 Å². The lowest BCUT2D eigenvalue weighted by Gasteiger charge is -2.09. The van der Waals surface area contributed by atoms with Crippen LogP contribution in [0.25, 0.3) is 0 Å². The summed E-state index contributed by atoms with van der Waals surface area (Å²) in [6.45, 7) is 0. The van der Waals surface area contributed by atoms with Crippen molar-refractivity contribution in [3.8, 4) is 5.75 Å². The zero-order chi connectivity index (χ0) is 18.5. The number of anilines is 2. The number of nitrogens with one attached hydrogen (secondary N) is 2. The summed E-state index contributed by atoms with van der Waals surface area (Å²) >= 11 is 5.99. The van der Waals surface area contributed by atoms with E-state index < -0.39 is 6.23 Å². The Morgan fingerprint density at radius 1 is 1.31 bits per heavy atom. The molecule has 134 valence electrons. The first-order valence-corrected chi connectivity index (χ1v) is 8.17. The molecule has 0 aliphatic heterocycles. The second-order valence-electron chi connectivity index (χ2n) is 5.45. The van der Waals surface area contributed by atoms with E-state index >= 15 is 0 Å². The molecule has 0 radical (unpaired) electrons. The average Bonchev–Trinajstić information content (AvgIpc) is 3.03. The smallest absolute Gasteiger partial charge is 0.183 e. The van der Waals surface area contributed by atoms with Crippen LogP contribution in [-0.2, 0) is 0 Å². The first-order chi connectivity index (χ1) is 12.6. The van der Waals surface area contributed by atoms with E-state index in [0.29, 0.717) is 16.4 Å². The van der Waals surface area contributed by atoms with E-state index in [1.165, 1.54) is 0 Å². The van der Waals surface area contributed by atoms with Crippen molar-refractivity contribution in [2.45, 2.75) is 6.23 Å². The van der Waals surface area contributed by atoms with E-state index in [1.807, 2.05) is 30.3 Å². The highest BCUT2D eigenvalue weighted by Gasteiger charge is 2.18. The standard InChI is InChI=1S/C18H18ClN5O2/c1-26-14-7-2-4-11(8-14)10-21-17-15(16(20)25)18(24-23-17)22-13-6-3-5-12(19)9-13/h2-10,16,25H,20H2,1H3,(H2,22,23,24). The van der Waals surface area contributed by atoms with Crippen molar-refractivity contribution in [2.75, 3.05) is 12.4 Å². The van der Waals surface area contributed by atoms with Crippen molar-refractivity contribution in [1.29, 1.82) is 0 Å². The molecule has 0 saturated heterocycles. The van der Waals surface area contributed by atoms with Gasteiger partial charge in [-0.15, -0.1) is 0 Å². The third kappa shape index (κ3) is 4.20. The molecule has 0 fully saturated rings. The van der Waals surface area contributed by atoms with Crippen LogP contribution in [0.2, 0.25) is 5.02 Å². The lowest BCUT2D eigenvalue weighted by molar-refractivity contribution is 0.187. The van der Waals surface area contributed by atoms with E-state index in [-0.39, 0.29) is 5.82 Å². The number of aliphatic hydroxyl groups is 1. The summed E-state index contributed by atoms with van der Waals surface area (Å²) in [6.07, 6.45) is 0.362. The van der Waals surface area contributed by atoms with Crippen LogP contribution in [0, 0.1) is 0 Å². The predicted octanol–water partition coefficient (Wildman–Crippen LogP) is 3.52. The summed E-state index contributed by atoms with van der Waals surface area (Å²) in [7, 11) is 1.60. The molecule has 26 heavy (non-hydrogen) atoms. The Labute approximate surface area is 155 Å². The van der Waals surface area contributed by atoms with E-state index in [9.17, 15) is 5.11 Å². The van der Waals surface area contributed by atoms with Crippen molar-refractivity contribution >= 4 is 35.1 Å². The lowest BCUT2D eigenvalue weighted by atomic mass is 10.2. The van der Waals surface area contributed by atoms with Gasteiger partial charge >= 0.3 is 0 Å². The Morgan fingerprint density at radius 2 is 2.12 bits per heavy atom. The van der Waals surface area contributed by atoms with Gasteiger partial charge in [0, 0.05) is 16.9 Å². The SMILES string of the molecule is COc1cccc(C=Nc2n[nH]c(Nc3cccc(Cl)c3)c2C(N)O)c1. The van der Waals surface area contributed by atoms with Gasteiger partial charge in [0.2, 0.25) is 0 Å². The summed E-state index contributed by atoms with van der Waals surface area (Å²) in [6, 6.07) is 14.6. The molecule has 0 saturated carbocycles. The number of ether oxygens (including phenoxy) is 1. The van der Waals surface area contributed by atoms with Crippen LogP contribution in [0.1, 0.15) is 17.4 Å². The van der Waals surface area contributed by atoms with Crippen molar-refractivity contribution < 1.29 is 9.84 Å². The molecule has 0 spiro atoms. The number of H-pyrrole nitrogens is 1. The number of benzene rings is 2. The van der Waals surface area contributed by atoms with Crippen LogP contribution in [0.3, 0.4) is 0 Å². The Bertz CT molecular complexity index is 923. The van der Waals surface area contributed by atoms with Crippen molar-refractivity contribution in [3.05, 3.63) is 64.7 Å². The molecular formula is C18H18ClN5O2. The highest BCUT2D eigenvalue weighted by atomic mass is 35.5. The van der Waals surface area contributed by atoms with E-state index in [0.717, 1.165) is 17.0 Å². The van der Waals surface area contributed by atoms with Gasteiger partial charge in [-0.1, -0.05) is 29.8 Å². The Morgan fingerprint density at radius 3 is 2.85 bits per heavy atom. The minimum absolute atomic E-state index is 0.285. The minimum Gasteiger partial charge on any atom is -0.497 e. The molecular weight excluding hydrogens is 354 g/mol. The second kappa shape index (κ2) is 8.01. The van der Waals surface area contributed by atoms with Crippen molar-refractivity contribution in [2.24, 2.45) is 10.7 Å².